The van der Waals surface area contributed by atoms with E-state index in [1.165, 1.54) is 24.1 Å². The second-order valence-corrected chi connectivity index (χ2v) is 5.85. The lowest BCUT2D eigenvalue weighted by Gasteiger charge is -2.16. The van der Waals surface area contributed by atoms with Gasteiger partial charge in [-0.25, -0.2) is 0 Å². The lowest BCUT2D eigenvalue weighted by molar-refractivity contribution is 0.473. The van der Waals surface area contributed by atoms with E-state index in [0.717, 1.165) is 18.7 Å². The Morgan fingerprint density at radius 3 is 3.00 bits per heavy atom. The molecule has 19 heavy (non-hydrogen) atoms. The monoisotopic (exact) mass is 278 g/mol. The Kier molecular flexibility index (Phi) is 5.54. The molecule has 1 atom stereocenters. The zero-order chi connectivity index (χ0) is 13.5. The first kappa shape index (κ1) is 14.2. The predicted molar refractivity (Wildman–Crippen MR) is 79.4 cm³/mol. The number of aromatic nitrogens is 3. The van der Waals surface area contributed by atoms with E-state index in [2.05, 4.69) is 40.1 Å². The van der Waals surface area contributed by atoms with E-state index >= 15 is 0 Å². The Morgan fingerprint density at radius 2 is 2.37 bits per heavy atom. The van der Waals surface area contributed by atoms with Gasteiger partial charge >= 0.3 is 0 Å². The number of hydrogen-bond acceptors (Lipinski definition) is 4. The van der Waals surface area contributed by atoms with Crippen LogP contribution in [0.15, 0.2) is 23.7 Å². The molecule has 0 amide bonds. The Labute approximate surface area is 118 Å². The average Bonchev–Trinajstić information content (AvgIpc) is 3.01. The molecular formula is C14H22N4S. The van der Waals surface area contributed by atoms with Crippen LogP contribution in [0.5, 0.6) is 0 Å². The summed E-state index contributed by atoms with van der Waals surface area (Å²) < 4.78 is 1.77. The smallest absolute Gasteiger partial charge is 0.0842 e. The molecule has 0 bridgehead atoms. The van der Waals surface area contributed by atoms with E-state index in [0.29, 0.717) is 6.04 Å². The summed E-state index contributed by atoms with van der Waals surface area (Å²) in [6.07, 6.45) is 6.55. The van der Waals surface area contributed by atoms with Gasteiger partial charge in [0, 0.05) is 30.6 Å². The van der Waals surface area contributed by atoms with Gasteiger partial charge in [-0.1, -0.05) is 18.2 Å². The molecule has 2 rings (SSSR count). The molecule has 0 radical (unpaired) electrons. The number of thiophene rings is 1. The second kappa shape index (κ2) is 7.40. The fourth-order valence-electron chi connectivity index (χ4n) is 2.28. The van der Waals surface area contributed by atoms with Gasteiger partial charge in [0.25, 0.3) is 0 Å². The van der Waals surface area contributed by atoms with Crippen LogP contribution >= 0.6 is 11.3 Å². The van der Waals surface area contributed by atoms with Crippen molar-refractivity contribution < 1.29 is 0 Å². The minimum atomic E-state index is 0.502. The van der Waals surface area contributed by atoms with Crippen molar-refractivity contribution in [3.05, 3.63) is 34.3 Å². The van der Waals surface area contributed by atoms with Gasteiger partial charge in [-0.2, -0.15) is 0 Å². The minimum absolute atomic E-state index is 0.502. The van der Waals surface area contributed by atoms with Crippen LogP contribution in [0, 0.1) is 0 Å². The van der Waals surface area contributed by atoms with E-state index in [1.54, 1.807) is 4.68 Å². The number of nitrogens with one attached hydrogen (secondary N) is 1. The van der Waals surface area contributed by atoms with Crippen LogP contribution < -0.4 is 5.32 Å². The first-order valence-corrected chi connectivity index (χ1v) is 7.77. The molecule has 0 aliphatic rings. The van der Waals surface area contributed by atoms with Crippen LogP contribution in [-0.4, -0.2) is 27.6 Å². The van der Waals surface area contributed by atoms with Crippen molar-refractivity contribution in [3.63, 3.8) is 0 Å². The summed E-state index contributed by atoms with van der Waals surface area (Å²) in [4.78, 5) is 1.48. The van der Waals surface area contributed by atoms with E-state index in [4.69, 9.17) is 0 Å². The molecule has 0 saturated heterocycles. The molecule has 0 aliphatic carbocycles. The third-order valence-corrected chi connectivity index (χ3v) is 4.09. The third-order valence-electron chi connectivity index (χ3n) is 3.15. The molecule has 0 saturated carbocycles. The maximum absolute atomic E-state index is 4.17. The van der Waals surface area contributed by atoms with Gasteiger partial charge in [0.05, 0.1) is 5.69 Å². The summed E-state index contributed by atoms with van der Waals surface area (Å²) in [6.45, 7) is 3.16. The highest BCUT2D eigenvalue weighted by Gasteiger charge is 2.10. The normalized spacial score (nSPS) is 12.7. The molecule has 1 N–H and O–H groups in total. The van der Waals surface area contributed by atoms with Crippen molar-refractivity contribution in [2.75, 3.05) is 6.54 Å². The molecule has 2 aromatic heterocycles. The van der Waals surface area contributed by atoms with Crippen LogP contribution in [0.1, 0.15) is 30.3 Å². The standard InChI is InChI=1S/C14H22N4S/c1-3-15-12(10-13-11-18(2)17-16-13)6-4-7-14-8-5-9-19-14/h5,8-9,11-12,15H,3-4,6-7,10H2,1-2H3. The predicted octanol–water partition coefficient (Wildman–Crippen LogP) is 2.42. The molecule has 0 aromatic carbocycles. The summed E-state index contributed by atoms with van der Waals surface area (Å²) in [6, 6.07) is 4.85. The largest absolute Gasteiger partial charge is 0.314 e. The van der Waals surface area contributed by atoms with Crippen molar-refractivity contribution in [2.24, 2.45) is 7.05 Å². The lowest BCUT2D eigenvalue weighted by Crippen LogP contribution is -2.31. The fourth-order valence-corrected chi connectivity index (χ4v) is 3.04. The van der Waals surface area contributed by atoms with Crippen molar-refractivity contribution in [2.45, 2.75) is 38.6 Å². The van der Waals surface area contributed by atoms with Gasteiger partial charge in [0.15, 0.2) is 0 Å². The topological polar surface area (TPSA) is 42.7 Å². The first-order chi connectivity index (χ1) is 9.28. The molecule has 0 aliphatic heterocycles. The maximum atomic E-state index is 4.17. The van der Waals surface area contributed by atoms with Crippen molar-refractivity contribution in [1.82, 2.24) is 20.3 Å². The first-order valence-electron chi connectivity index (χ1n) is 6.89. The van der Waals surface area contributed by atoms with Crippen LogP contribution in [0.3, 0.4) is 0 Å². The molecule has 0 fully saturated rings. The fraction of sp³-hybridized carbons (Fsp3) is 0.571. The summed E-state index contributed by atoms with van der Waals surface area (Å²) in [5.41, 5.74) is 1.07. The number of rotatable bonds is 8. The molecule has 5 heteroatoms. The van der Waals surface area contributed by atoms with Gasteiger partial charge in [0.1, 0.15) is 0 Å². The van der Waals surface area contributed by atoms with Gasteiger partial charge < -0.3 is 5.32 Å². The second-order valence-electron chi connectivity index (χ2n) is 4.81. The molecule has 2 heterocycles. The lowest BCUT2D eigenvalue weighted by atomic mass is 10.0. The van der Waals surface area contributed by atoms with Crippen molar-refractivity contribution in [1.29, 1.82) is 0 Å². The SMILES string of the molecule is CCNC(CCCc1cccs1)Cc1cn(C)nn1. The zero-order valence-corrected chi connectivity index (χ0v) is 12.5. The number of aryl methyl sites for hydroxylation is 2. The van der Waals surface area contributed by atoms with Crippen molar-refractivity contribution in [3.8, 4) is 0 Å². The minimum Gasteiger partial charge on any atom is -0.314 e. The van der Waals surface area contributed by atoms with E-state index in [1.807, 2.05) is 24.6 Å². The van der Waals surface area contributed by atoms with E-state index in [-0.39, 0.29) is 0 Å². The molecular weight excluding hydrogens is 256 g/mol. The molecule has 1 unspecified atom stereocenters. The number of nitrogens with zero attached hydrogens (tertiary/aromatic N) is 3. The molecule has 104 valence electrons. The van der Waals surface area contributed by atoms with Crippen LogP contribution in [0.25, 0.3) is 0 Å². The van der Waals surface area contributed by atoms with Crippen LogP contribution in [0.2, 0.25) is 0 Å². The highest BCUT2D eigenvalue weighted by atomic mass is 32.1. The average molecular weight is 278 g/mol. The zero-order valence-electron chi connectivity index (χ0n) is 11.7. The molecule has 2 aromatic rings. The molecule has 4 nitrogen and oxygen atoms in total. The summed E-state index contributed by atoms with van der Waals surface area (Å²) >= 11 is 1.85. The number of likely N-dealkylation sites (N-methyl/N-ethyl adjacent to an activating group) is 1. The Hall–Kier alpha value is -1.20. The van der Waals surface area contributed by atoms with E-state index < -0.39 is 0 Å². The summed E-state index contributed by atoms with van der Waals surface area (Å²) in [7, 11) is 1.91. The van der Waals surface area contributed by atoms with E-state index in [9.17, 15) is 0 Å². The van der Waals surface area contributed by atoms with Crippen LogP contribution in [0.4, 0.5) is 0 Å². The van der Waals surface area contributed by atoms with Gasteiger partial charge in [0.2, 0.25) is 0 Å². The van der Waals surface area contributed by atoms with Crippen molar-refractivity contribution >= 4 is 11.3 Å². The summed E-state index contributed by atoms with van der Waals surface area (Å²) in [5.74, 6) is 0. The number of hydrogen-bond donors (Lipinski definition) is 1. The quantitative estimate of drug-likeness (QED) is 0.806. The maximum Gasteiger partial charge on any atom is 0.0842 e. The Balaban J connectivity index is 1.78. The Morgan fingerprint density at radius 1 is 1.47 bits per heavy atom. The molecule has 0 spiro atoms. The van der Waals surface area contributed by atoms with Gasteiger partial charge in [-0.05, 0) is 37.3 Å². The van der Waals surface area contributed by atoms with Crippen LogP contribution in [-0.2, 0) is 19.9 Å². The van der Waals surface area contributed by atoms with Gasteiger partial charge in [-0.3, -0.25) is 4.68 Å². The Bertz CT molecular complexity index is 464. The third kappa shape index (κ3) is 4.76. The highest BCUT2D eigenvalue weighted by Crippen LogP contribution is 2.14. The highest BCUT2D eigenvalue weighted by molar-refractivity contribution is 7.09. The van der Waals surface area contributed by atoms with Gasteiger partial charge in [-0.15, -0.1) is 16.4 Å². The summed E-state index contributed by atoms with van der Waals surface area (Å²) in [5, 5.41) is 13.9.